The zero-order valence-corrected chi connectivity index (χ0v) is 18.7. The maximum atomic E-state index is 13.0. The van der Waals surface area contributed by atoms with E-state index in [9.17, 15) is 4.79 Å². The lowest BCUT2D eigenvalue weighted by Gasteiger charge is -2.26. The fourth-order valence-corrected chi connectivity index (χ4v) is 3.37. The van der Waals surface area contributed by atoms with Gasteiger partial charge in [0.2, 0.25) is 0 Å². The van der Waals surface area contributed by atoms with Crippen molar-refractivity contribution in [1.29, 1.82) is 0 Å². The predicted octanol–water partition coefficient (Wildman–Crippen LogP) is 6.88. The molecule has 0 unspecified atom stereocenters. The first-order valence-electron chi connectivity index (χ1n) is 10.2. The molecule has 3 heteroatoms. The third kappa shape index (κ3) is 5.98. The monoisotopic (exact) mass is 370 g/mol. The van der Waals surface area contributed by atoms with E-state index in [1.54, 1.807) is 4.90 Å². The highest BCUT2D eigenvalue weighted by molar-refractivity contribution is 5.93. The van der Waals surface area contributed by atoms with Crippen molar-refractivity contribution in [2.45, 2.75) is 67.7 Å². The minimum absolute atomic E-state index is 0.103. The first kappa shape index (κ1) is 23.0. The fourth-order valence-electron chi connectivity index (χ4n) is 3.37. The highest BCUT2D eigenvalue weighted by Crippen LogP contribution is 2.27. The number of rotatable bonds is 7. The Labute approximate surface area is 166 Å². The molecule has 0 heterocycles. The molecule has 0 fully saturated rings. The molecule has 0 bridgehead atoms. The van der Waals surface area contributed by atoms with Gasteiger partial charge in [0.05, 0.1) is 0 Å². The van der Waals surface area contributed by atoms with E-state index < -0.39 is 0 Å². The van der Waals surface area contributed by atoms with Crippen LogP contribution >= 0.6 is 0 Å². The predicted molar refractivity (Wildman–Crippen MR) is 118 cm³/mol. The molecule has 27 heavy (non-hydrogen) atoms. The van der Waals surface area contributed by atoms with E-state index in [-0.39, 0.29) is 6.03 Å². The van der Waals surface area contributed by atoms with Crippen LogP contribution in [-0.4, -0.2) is 13.1 Å². The number of allylic oxidation sites excluding steroid dienone is 3. The van der Waals surface area contributed by atoms with E-state index in [1.807, 2.05) is 26.1 Å². The van der Waals surface area contributed by atoms with Crippen LogP contribution < -0.4 is 10.2 Å². The van der Waals surface area contributed by atoms with E-state index in [1.165, 1.54) is 16.7 Å². The summed E-state index contributed by atoms with van der Waals surface area (Å²) in [5.41, 5.74) is 5.63. The number of carbonyl (C=O) groups excluding carboxylic acids is 1. The number of hydrogen-bond donors (Lipinski definition) is 1. The van der Waals surface area contributed by atoms with Gasteiger partial charge >= 0.3 is 6.03 Å². The SMILES string of the molecule is C/C=C(\C(NC(=O)N(C)c1ccc(C(C)C)cc1)=C(/CC)C(C)C)C(C)C. The standard InChI is InChI=1S/C24H38N2O/c1-10-21(17(5)6)23(22(11-2)18(7)8)25-24(27)26(9)20-14-12-19(13-15-20)16(3)4/h10,12-18H,11H2,1-9H3,(H,25,27)/b21-10-,23-22-. The first-order valence-corrected chi connectivity index (χ1v) is 10.2. The van der Waals surface area contributed by atoms with E-state index in [4.69, 9.17) is 0 Å². The minimum Gasteiger partial charge on any atom is -0.307 e. The van der Waals surface area contributed by atoms with Crippen LogP contribution in [0.2, 0.25) is 0 Å². The molecule has 150 valence electrons. The van der Waals surface area contributed by atoms with Crippen molar-refractivity contribution < 1.29 is 4.79 Å². The number of nitrogens with one attached hydrogen (secondary N) is 1. The van der Waals surface area contributed by atoms with Gasteiger partial charge in [-0.2, -0.15) is 0 Å². The summed E-state index contributed by atoms with van der Waals surface area (Å²) >= 11 is 0. The maximum Gasteiger partial charge on any atom is 0.326 e. The molecule has 0 saturated heterocycles. The summed E-state index contributed by atoms with van der Waals surface area (Å²) in [4.78, 5) is 14.7. The topological polar surface area (TPSA) is 32.3 Å². The number of urea groups is 1. The van der Waals surface area contributed by atoms with Crippen molar-refractivity contribution in [2.24, 2.45) is 11.8 Å². The molecule has 1 aromatic rings. The lowest BCUT2D eigenvalue weighted by Crippen LogP contribution is -2.38. The van der Waals surface area contributed by atoms with Crippen LogP contribution in [0.4, 0.5) is 10.5 Å². The average molecular weight is 371 g/mol. The lowest BCUT2D eigenvalue weighted by atomic mass is 9.90. The third-order valence-electron chi connectivity index (χ3n) is 5.10. The van der Waals surface area contributed by atoms with Crippen LogP contribution in [0, 0.1) is 11.8 Å². The summed E-state index contributed by atoms with van der Waals surface area (Å²) in [6.07, 6.45) is 3.04. The number of nitrogens with zero attached hydrogens (tertiary/aromatic N) is 1. The molecule has 0 spiro atoms. The lowest BCUT2D eigenvalue weighted by molar-refractivity contribution is 0.249. The van der Waals surface area contributed by atoms with Gasteiger partial charge in [-0.05, 0) is 59.9 Å². The second-order valence-corrected chi connectivity index (χ2v) is 8.04. The van der Waals surface area contributed by atoms with Crippen LogP contribution in [0.25, 0.3) is 0 Å². The normalized spacial score (nSPS) is 13.3. The van der Waals surface area contributed by atoms with Gasteiger partial charge in [0.25, 0.3) is 0 Å². The molecule has 0 aromatic heterocycles. The van der Waals surface area contributed by atoms with Gasteiger partial charge in [-0.3, -0.25) is 4.90 Å². The summed E-state index contributed by atoms with van der Waals surface area (Å²) in [5.74, 6) is 1.21. The van der Waals surface area contributed by atoms with Crippen LogP contribution in [-0.2, 0) is 0 Å². The molecule has 2 amide bonds. The van der Waals surface area contributed by atoms with E-state index in [2.05, 4.69) is 72.0 Å². The summed E-state index contributed by atoms with van der Waals surface area (Å²) in [6.45, 7) is 17.3. The minimum atomic E-state index is -0.103. The van der Waals surface area contributed by atoms with Gasteiger partial charge < -0.3 is 5.32 Å². The first-order chi connectivity index (χ1) is 12.6. The number of benzene rings is 1. The Kier molecular flexibility index (Phi) is 8.81. The number of anilines is 1. The molecule has 3 nitrogen and oxygen atoms in total. The van der Waals surface area contributed by atoms with Gasteiger partial charge in [-0.15, -0.1) is 0 Å². The quantitative estimate of drug-likeness (QED) is 0.521. The van der Waals surface area contributed by atoms with Crippen LogP contribution in [0.15, 0.2) is 47.2 Å². The highest BCUT2D eigenvalue weighted by Gasteiger charge is 2.20. The second-order valence-electron chi connectivity index (χ2n) is 8.04. The van der Waals surface area contributed by atoms with E-state index in [0.29, 0.717) is 17.8 Å². The Bertz CT molecular complexity index is 679. The van der Waals surface area contributed by atoms with Crippen LogP contribution in [0.1, 0.15) is 73.3 Å². The number of hydrogen-bond acceptors (Lipinski definition) is 1. The van der Waals surface area contributed by atoms with Crippen molar-refractivity contribution in [1.82, 2.24) is 5.32 Å². The molecular formula is C24H38N2O. The maximum absolute atomic E-state index is 13.0. The molecule has 0 aliphatic carbocycles. The zero-order chi connectivity index (χ0) is 20.7. The molecule has 1 aromatic carbocycles. The molecule has 0 atom stereocenters. The third-order valence-corrected chi connectivity index (χ3v) is 5.10. The Hall–Kier alpha value is -2.03. The zero-order valence-electron chi connectivity index (χ0n) is 18.7. The van der Waals surface area contributed by atoms with E-state index in [0.717, 1.165) is 17.8 Å². The Morgan fingerprint density at radius 2 is 1.59 bits per heavy atom. The molecule has 0 aliphatic rings. The largest absolute Gasteiger partial charge is 0.326 e. The van der Waals surface area contributed by atoms with E-state index >= 15 is 0 Å². The number of carbonyl (C=O) groups is 1. The Morgan fingerprint density at radius 3 is 1.96 bits per heavy atom. The van der Waals surface area contributed by atoms with Gasteiger partial charge in [0, 0.05) is 18.4 Å². The molecule has 0 aliphatic heterocycles. The fraction of sp³-hybridized carbons (Fsp3) is 0.542. The molecule has 0 saturated carbocycles. The van der Waals surface area contributed by atoms with Crippen molar-refractivity contribution in [3.8, 4) is 0 Å². The van der Waals surface area contributed by atoms with Crippen molar-refractivity contribution in [2.75, 3.05) is 11.9 Å². The summed E-state index contributed by atoms with van der Waals surface area (Å²) in [7, 11) is 1.82. The van der Waals surface area contributed by atoms with Gasteiger partial charge in [-0.1, -0.05) is 66.7 Å². The van der Waals surface area contributed by atoms with Crippen molar-refractivity contribution >= 4 is 11.7 Å². The van der Waals surface area contributed by atoms with Crippen LogP contribution in [0.3, 0.4) is 0 Å². The highest BCUT2D eigenvalue weighted by atomic mass is 16.2. The van der Waals surface area contributed by atoms with Gasteiger partial charge in [0.15, 0.2) is 0 Å². The van der Waals surface area contributed by atoms with Gasteiger partial charge in [0.1, 0.15) is 0 Å². The van der Waals surface area contributed by atoms with Crippen molar-refractivity contribution in [3.63, 3.8) is 0 Å². The smallest absolute Gasteiger partial charge is 0.307 e. The summed E-state index contributed by atoms with van der Waals surface area (Å²) in [5, 5.41) is 3.22. The summed E-state index contributed by atoms with van der Waals surface area (Å²) in [6, 6.07) is 8.12. The Morgan fingerprint density at radius 1 is 1.04 bits per heavy atom. The van der Waals surface area contributed by atoms with Gasteiger partial charge in [-0.25, -0.2) is 4.79 Å². The average Bonchev–Trinajstić information content (AvgIpc) is 2.61. The number of amides is 2. The molecule has 0 radical (unpaired) electrons. The Balaban J connectivity index is 3.19. The summed E-state index contributed by atoms with van der Waals surface area (Å²) < 4.78 is 0. The molecule has 1 N–H and O–H groups in total. The molecular weight excluding hydrogens is 332 g/mol. The molecule has 1 rings (SSSR count). The second kappa shape index (κ2) is 10.3. The van der Waals surface area contributed by atoms with Crippen LogP contribution in [0.5, 0.6) is 0 Å². The van der Waals surface area contributed by atoms with Crippen molar-refractivity contribution in [3.05, 3.63) is 52.7 Å².